The van der Waals surface area contributed by atoms with Crippen LogP contribution in [0.15, 0.2) is 24.4 Å². The molecule has 7 nitrogen and oxygen atoms in total. The van der Waals surface area contributed by atoms with E-state index in [9.17, 15) is 5.11 Å². The van der Waals surface area contributed by atoms with Gasteiger partial charge in [0, 0.05) is 62.1 Å². The number of hydrogen-bond acceptors (Lipinski definition) is 7. The third-order valence-corrected chi connectivity index (χ3v) is 8.16. The summed E-state index contributed by atoms with van der Waals surface area (Å²) >= 11 is 0. The normalized spacial score (nSPS) is 31.5. The Balaban J connectivity index is 1.22. The first-order valence-electron chi connectivity index (χ1n) is 12.3. The zero-order chi connectivity index (χ0) is 23.4. The SMILES string of the molecule is CN1CCN(c2ccc(C3NNC4CNC(c5c(F)cc6c(c5F)C(O)CC6)CC43)cn2)CC1. The van der Waals surface area contributed by atoms with Crippen molar-refractivity contribution in [1.29, 1.82) is 0 Å². The molecule has 5 atom stereocenters. The second kappa shape index (κ2) is 8.80. The van der Waals surface area contributed by atoms with Crippen LogP contribution in [0, 0.1) is 17.6 Å². The number of aryl methyl sites for hydroxylation is 1. The highest BCUT2D eigenvalue weighted by molar-refractivity contribution is 5.42. The number of nitrogens with one attached hydrogen (secondary N) is 3. The van der Waals surface area contributed by atoms with Gasteiger partial charge >= 0.3 is 0 Å². The van der Waals surface area contributed by atoms with E-state index in [4.69, 9.17) is 4.98 Å². The molecule has 2 aromatic rings. The number of halogens is 2. The minimum absolute atomic E-state index is 0.00905. The van der Waals surface area contributed by atoms with Gasteiger partial charge in [0.05, 0.1) is 12.1 Å². The van der Waals surface area contributed by atoms with Crippen molar-refractivity contribution < 1.29 is 13.9 Å². The van der Waals surface area contributed by atoms with E-state index < -0.39 is 23.8 Å². The number of aromatic nitrogens is 1. The van der Waals surface area contributed by atoms with Gasteiger partial charge in [0.2, 0.25) is 0 Å². The molecule has 9 heteroatoms. The van der Waals surface area contributed by atoms with Gasteiger partial charge in [-0.2, -0.15) is 0 Å². The molecular formula is C25H32F2N6O. The van der Waals surface area contributed by atoms with E-state index in [0.717, 1.165) is 37.6 Å². The summed E-state index contributed by atoms with van der Waals surface area (Å²) in [4.78, 5) is 9.37. The Hall–Kier alpha value is -2.17. The number of aliphatic hydroxyl groups excluding tert-OH is 1. The monoisotopic (exact) mass is 470 g/mol. The average molecular weight is 471 g/mol. The minimum atomic E-state index is -0.849. The molecule has 0 spiro atoms. The maximum Gasteiger partial charge on any atom is 0.136 e. The van der Waals surface area contributed by atoms with Crippen LogP contribution in [0.2, 0.25) is 0 Å². The summed E-state index contributed by atoms with van der Waals surface area (Å²) in [6, 6.07) is 5.34. The number of fused-ring (bicyclic) bond motifs is 2. The number of likely N-dealkylation sites (N-methyl/N-ethyl adjacent to an activating group) is 1. The molecule has 0 bridgehead atoms. The molecular weight excluding hydrogens is 438 g/mol. The van der Waals surface area contributed by atoms with Crippen molar-refractivity contribution in [3.63, 3.8) is 0 Å². The van der Waals surface area contributed by atoms with Crippen LogP contribution in [0.1, 0.15) is 53.3 Å². The summed E-state index contributed by atoms with van der Waals surface area (Å²) in [6.07, 6.45) is 2.63. The van der Waals surface area contributed by atoms with Gasteiger partial charge in [0.15, 0.2) is 0 Å². The standard InChI is InChI=1S/C25H32F2N6O/c1-32-6-8-33(9-7-32)21-5-3-15(12-29-21)25-16-11-18(28-13-19(16)30-31-25)23-17(26)10-14-2-4-20(34)22(14)24(23)27/h3,5,10,12,16,18-20,25,28,30-31,34H,2,4,6-9,11,13H2,1H3. The van der Waals surface area contributed by atoms with Gasteiger partial charge < -0.3 is 20.2 Å². The van der Waals surface area contributed by atoms with Gasteiger partial charge in [-0.3, -0.25) is 5.43 Å². The number of hydrazine groups is 1. The molecule has 4 aliphatic rings. The smallest absolute Gasteiger partial charge is 0.136 e. The fourth-order valence-electron chi connectivity index (χ4n) is 6.15. The lowest BCUT2D eigenvalue weighted by molar-refractivity contribution is 0.174. The summed E-state index contributed by atoms with van der Waals surface area (Å²) in [5.41, 5.74) is 8.76. The molecule has 1 aliphatic carbocycles. The predicted molar refractivity (Wildman–Crippen MR) is 125 cm³/mol. The van der Waals surface area contributed by atoms with Crippen LogP contribution in [0.3, 0.4) is 0 Å². The fraction of sp³-hybridized carbons (Fsp3) is 0.560. The first-order valence-corrected chi connectivity index (χ1v) is 12.3. The molecule has 0 amide bonds. The number of aliphatic hydroxyl groups is 1. The lowest BCUT2D eigenvalue weighted by Gasteiger charge is -2.35. The highest BCUT2D eigenvalue weighted by atomic mass is 19.1. The Morgan fingerprint density at radius 3 is 2.68 bits per heavy atom. The van der Waals surface area contributed by atoms with Crippen LogP contribution in [0.5, 0.6) is 0 Å². The van der Waals surface area contributed by atoms with E-state index in [1.807, 2.05) is 6.20 Å². The van der Waals surface area contributed by atoms with Crippen LogP contribution in [0.4, 0.5) is 14.6 Å². The maximum absolute atomic E-state index is 15.4. The molecule has 1 aromatic heterocycles. The topological polar surface area (TPSA) is 75.7 Å². The molecule has 0 saturated carbocycles. The minimum Gasteiger partial charge on any atom is -0.388 e. The van der Waals surface area contributed by atoms with Crippen LogP contribution < -0.4 is 21.1 Å². The quantitative estimate of drug-likeness (QED) is 0.547. The lowest BCUT2D eigenvalue weighted by atomic mass is 9.80. The van der Waals surface area contributed by atoms with E-state index in [1.54, 1.807) is 0 Å². The number of hydrogen-bond donors (Lipinski definition) is 4. The van der Waals surface area contributed by atoms with Crippen LogP contribution in [-0.2, 0) is 6.42 Å². The Morgan fingerprint density at radius 2 is 1.91 bits per heavy atom. The van der Waals surface area contributed by atoms with Crippen molar-refractivity contribution in [3.05, 3.63) is 58.3 Å². The summed E-state index contributed by atoms with van der Waals surface area (Å²) in [5.74, 6) is 0.0440. The molecule has 34 heavy (non-hydrogen) atoms. The average Bonchev–Trinajstić information content (AvgIpc) is 3.43. The molecule has 3 fully saturated rings. The van der Waals surface area contributed by atoms with E-state index in [-0.39, 0.29) is 29.1 Å². The lowest BCUT2D eigenvalue weighted by Crippen LogP contribution is -2.46. The molecule has 3 aliphatic heterocycles. The summed E-state index contributed by atoms with van der Waals surface area (Å²) < 4.78 is 30.4. The van der Waals surface area contributed by atoms with Gasteiger partial charge in [0.1, 0.15) is 17.5 Å². The number of rotatable bonds is 3. The predicted octanol–water partition coefficient (Wildman–Crippen LogP) is 1.96. The molecule has 182 valence electrons. The van der Waals surface area contributed by atoms with Crippen molar-refractivity contribution >= 4 is 5.82 Å². The van der Waals surface area contributed by atoms with Crippen molar-refractivity contribution in [1.82, 2.24) is 26.1 Å². The van der Waals surface area contributed by atoms with Gasteiger partial charge in [-0.1, -0.05) is 6.07 Å². The fourth-order valence-corrected chi connectivity index (χ4v) is 6.15. The van der Waals surface area contributed by atoms with Crippen LogP contribution in [0.25, 0.3) is 0 Å². The number of piperazine rings is 1. The molecule has 4 N–H and O–H groups in total. The third-order valence-electron chi connectivity index (χ3n) is 8.16. The molecule has 5 unspecified atom stereocenters. The third kappa shape index (κ3) is 3.79. The zero-order valence-corrected chi connectivity index (χ0v) is 19.4. The molecule has 4 heterocycles. The van der Waals surface area contributed by atoms with Crippen LogP contribution >= 0.6 is 0 Å². The van der Waals surface area contributed by atoms with Gasteiger partial charge in [-0.25, -0.2) is 19.2 Å². The number of benzene rings is 1. The molecule has 1 aromatic carbocycles. The highest BCUT2D eigenvalue weighted by Crippen LogP contribution is 2.42. The highest BCUT2D eigenvalue weighted by Gasteiger charge is 2.43. The Labute approximate surface area is 198 Å². The van der Waals surface area contributed by atoms with Gasteiger partial charge in [-0.15, -0.1) is 0 Å². The first kappa shape index (κ1) is 22.3. The first-order chi connectivity index (χ1) is 16.5. The summed E-state index contributed by atoms with van der Waals surface area (Å²) in [7, 11) is 2.14. The summed E-state index contributed by atoms with van der Waals surface area (Å²) in [6.45, 7) is 4.60. The number of pyridine rings is 1. The zero-order valence-electron chi connectivity index (χ0n) is 19.4. The number of nitrogens with zero attached hydrogens (tertiary/aromatic N) is 3. The van der Waals surface area contributed by atoms with E-state index in [0.29, 0.717) is 31.4 Å². The van der Waals surface area contributed by atoms with Crippen LogP contribution in [-0.4, -0.2) is 60.8 Å². The van der Waals surface area contributed by atoms with E-state index in [2.05, 4.69) is 45.1 Å². The van der Waals surface area contributed by atoms with Gasteiger partial charge in [0.25, 0.3) is 0 Å². The molecule has 6 rings (SSSR count). The van der Waals surface area contributed by atoms with Crippen molar-refractivity contribution in [2.75, 3.05) is 44.7 Å². The van der Waals surface area contributed by atoms with Crippen molar-refractivity contribution in [3.8, 4) is 0 Å². The second-order valence-electron chi connectivity index (χ2n) is 10.2. The van der Waals surface area contributed by atoms with E-state index in [1.165, 1.54) is 6.07 Å². The van der Waals surface area contributed by atoms with E-state index >= 15 is 8.78 Å². The number of piperidine rings is 1. The Kier molecular flexibility index (Phi) is 5.77. The summed E-state index contributed by atoms with van der Waals surface area (Å²) in [5, 5.41) is 13.6. The Bertz CT molecular complexity index is 1060. The largest absolute Gasteiger partial charge is 0.388 e. The van der Waals surface area contributed by atoms with Crippen molar-refractivity contribution in [2.24, 2.45) is 5.92 Å². The Morgan fingerprint density at radius 1 is 1.09 bits per heavy atom. The van der Waals surface area contributed by atoms with Gasteiger partial charge in [-0.05, 0) is 55.5 Å². The maximum atomic E-state index is 15.4. The second-order valence-corrected chi connectivity index (χ2v) is 10.2. The number of anilines is 1. The molecule has 3 saturated heterocycles. The van der Waals surface area contributed by atoms with Crippen molar-refractivity contribution in [2.45, 2.75) is 43.5 Å². The molecule has 0 radical (unpaired) electrons.